The second-order valence-corrected chi connectivity index (χ2v) is 9.58. The topological polar surface area (TPSA) is 105 Å². The number of hydrogen-bond donors (Lipinski definition) is 2. The number of carbonyl (C=O) groups excluding carboxylic acids is 3. The van der Waals surface area contributed by atoms with Crippen LogP contribution in [-0.4, -0.2) is 36.1 Å². The highest BCUT2D eigenvalue weighted by atomic mass is 16.2. The Morgan fingerprint density at radius 3 is 2.57 bits per heavy atom. The number of rotatable bonds is 9. The van der Waals surface area contributed by atoms with Crippen LogP contribution in [0.4, 0.5) is 5.69 Å². The molecular formula is C28H32N4O3. The Kier molecular flexibility index (Phi) is 7.15. The molecule has 0 saturated heterocycles. The summed E-state index contributed by atoms with van der Waals surface area (Å²) in [5.74, 6) is -2.47. The average molecular weight is 473 g/mol. The van der Waals surface area contributed by atoms with Crippen LogP contribution < -0.4 is 16.0 Å². The van der Waals surface area contributed by atoms with Crippen molar-refractivity contribution in [2.45, 2.75) is 39.3 Å². The molecule has 1 unspecified atom stereocenters. The van der Waals surface area contributed by atoms with Crippen LogP contribution in [0.1, 0.15) is 43.4 Å². The molecule has 2 aromatic rings. The van der Waals surface area contributed by atoms with Gasteiger partial charge in [-0.1, -0.05) is 68.5 Å². The number of nitrogens with one attached hydrogen (secondary N) is 1. The quantitative estimate of drug-likeness (QED) is 0.548. The summed E-state index contributed by atoms with van der Waals surface area (Å²) in [6.45, 7) is 8.21. The van der Waals surface area contributed by atoms with Gasteiger partial charge >= 0.3 is 0 Å². The van der Waals surface area contributed by atoms with Crippen LogP contribution in [0.5, 0.6) is 0 Å². The predicted octanol–water partition coefficient (Wildman–Crippen LogP) is 3.21. The number of nitrogens with zero attached hydrogens (tertiary/aromatic N) is 2. The zero-order valence-corrected chi connectivity index (χ0v) is 20.2. The number of nitrogens with two attached hydrogens (primary N) is 1. The molecule has 35 heavy (non-hydrogen) atoms. The fourth-order valence-corrected chi connectivity index (χ4v) is 5.05. The third kappa shape index (κ3) is 4.90. The molecule has 3 N–H and O–H groups in total. The standard InChI is InChI=1S/C28H32N4O3/c1-4-9-20(25(29)33)22(16-17(2)3)27(34)31-26-28(35)32-15-14-19-12-8-13-21(24(19)32)23(30-26)18-10-6-5-7-11-18/h4-8,10-13,17,20,22,26H,1,9,14-16H2,2-3H3,(H2,29,33)(H,31,34)/t20-,22+,26?/m0/s1. The van der Waals surface area contributed by atoms with E-state index in [4.69, 9.17) is 10.7 Å². The molecule has 7 heteroatoms. The largest absolute Gasteiger partial charge is 0.369 e. The number of amides is 3. The highest BCUT2D eigenvalue weighted by molar-refractivity contribution is 6.21. The molecule has 4 rings (SSSR count). The maximum atomic E-state index is 13.7. The van der Waals surface area contributed by atoms with E-state index in [1.54, 1.807) is 11.0 Å². The summed E-state index contributed by atoms with van der Waals surface area (Å²) >= 11 is 0. The number of primary amides is 1. The van der Waals surface area contributed by atoms with E-state index < -0.39 is 29.8 Å². The van der Waals surface area contributed by atoms with Crippen LogP contribution in [0.2, 0.25) is 0 Å². The average Bonchev–Trinajstić information content (AvgIpc) is 3.23. The van der Waals surface area contributed by atoms with E-state index in [-0.39, 0.29) is 18.2 Å². The van der Waals surface area contributed by atoms with Gasteiger partial charge in [0.15, 0.2) is 0 Å². The van der Waals surface area contributed by atoms with E-state index in [1.165, 1.54) is 0 Å². The second kappa shape index (κ2) is 10.3. The molecule has 3 amide bonds. The summed E-state index contributed by atoms with van der Waals surface area (Å²) in [5.41, 5.74) is 10.00. The lowest BCUT2D eigenvalue weighted by atomic mass is 9.82. The molecule has 3 atom stereocenters. The molecular weight excluding hydrogens is 440 g/mol. The number of aliphatic imine (C=N–C) groups is 1. The van der Waals surface area contributed by atoms with Gasteiger partial charge in [-0.15, -0.1) is 6.58 Å². The fraction of sp³-hybridized carbons (Fsp3) is 0.357. The van der Waals surface area contributed by atoms with Gasteiger partial charge in [0.25, 0.3) is 5.91 Å². The minimum Gasteiger partial charge on any atom is -0.369 e. The first-order chi connectivity index (χ1) is 16.8. The molecule has 0 bridgehead atoms. The van der Waals surface area contributed by atoms with Gasteiger partial charge in [-0.3, -0.25) is 14.4 Å². The summed E-state index contributed by atoms with van der Waals surface area (Å²) in [6, 6.07) is 15.6. The molecule has 2 aliphatic rings. The number of benzene rings is 2. The van der Waals surface area contributed by atoms with Crippen molar-refractivity contribution in [2.24, 2.45) is 28.5 Å². The summed E-state index contributed by atoms with van der Waals surface area (Å²) in [6.07, 6.45) is 1.98. The first kappa shape index (κ1) is 24.4. The molecule has 0 aliphatic carbocycles. The Labute approximate surface area is 206 Å². The smallest absolute Gasteiger partial charge is 0.272 e. The van der Waals surface area contributed by atoms with Crippen molar-refractivity contribution in [1.82, 2.24) is 5.32 Å². The summed E-state index contributed by atoms with van der Waals surface area (Å²) < 4.78 is 0. The van der Waals surface area contributed by atoms with Crippen LogP contribution >= 0.6 is 0 Å². The third-order valence-corrected chi connectivity index (χ3v) is 6.67. The van der Waals surface area contributed by atoms with Crippen molar-refractivity contribution in [3.8, 4) is 0 Å². The SMILES string of the molecule is C=CC[C@H](C(N)=O)[C@@H](CC(C)C)C(=O)NC1N=C(c2ccccc2)c2cccc3c2N(CC3)C1=O. The van der Waals surface area contributed by atoms with Gasteiger partial charge in [0, 0.05) is 17.7 Å². The third-order valence-electron chi connectivity index (χ3n) is 6.67. The first-order valence-corrected chi connectivity index (χ1v) is 12.1. The maximum Gasteiger partial charge on any atom is 0.272 e. The van der Waals surface area contributed by atoms with Crippen molar-refractivity contribution in [3.05, 3.63) is 77.9 Å². The van der Waals surface area contributed by atoms with Gasteiger partial charge in [-0.05, 0) is 30.7 Å². The van der Waals surface area contributed by atoms with Crippen molar-refractivity contribution < 1.29 is 14.4 Å². The highest BCUT2D eigenvalue weighted by Crippen LogP contribution is 2.36. The van der Waals surface area contributed by atoms with Gasteiger partial charge in [0.1, 0.15) is 0 Å². The monoisotopic (exact) mass is 472 g/mol. The van der Waals surface area contributed by atoms with Gasteiger partial charge in [0.2, 0.25) is 18.0 Å². The summed E-state index contributed by atoms with van der Waals surface area (Å²) in [4.78, 5) is 45.9. The lowest BCUT2D eigenvalue weighted by Crippen LogP contribution is -2.50. The van der Waals surface area contributed by atoms with Gasteiger partial charge in [-0.2, -0.15) is 0 Å². The van der Waals surface area contributed by atoms with Gasteiger partial charge < -0.3 is 16.0 Å². The number of hydrogen-bond acceptors (Lipinski definition) is 4. The van der Waals surface area contributed by atoms with E-state index in [0.717, 1.165) is 28.8 Å². The van der Waals surface area contributed by atoms with Gasteiger partial charge in [0.05, 0.1) is 23.2 Å². The van der Waals surface area contributed by atoms with Gasteiger partial charge in [-0.25, -0.2) is 4.99 Å². The second-order valence-electron chi connectivity index (χ2n) is 9.58. The molecule has 2 aliphatic heterocycles. The minimum atomic E-state index is -1.11. The van der Waals surface area contributed by atoms with Crippen molar-refractivity contribution in [2.75, 3.05) is 11.4 Å². The molecule has 0 spiro atoms. The van der Waals surface area contributed by atoms with E-state index in [0.29, 0.717) is 18.7 Å². The number of anilines is 1. The molecule has 182 valence electrons. The zero-order chi connectivity index (χ0) is 25.1. The van der Waals surface area contributed by atoms with Crippen LogP contribution in [-0.2, 0) is 20.8 Å². The van der Waals surface area contributed by atoms with E-state index in [2.05, 4.69) is 11.9 Å². The molecule has 0 saturated carbocycles. The lowest BCUT2D eigenvalue weighted by molar-refractivity contribution is -0.135. The van der Waals surface area contributed by atoms with Crippen molar-refractivity contribution in [3.63, 3.8) is 0 Å². The van der Waals surface area contributed by atoms with E-state index >= 15 is 0 Å². The Hall–Kier alpha value is -3.74. The number of para-hydroxylation sites is 1. The predicted molar refractivity (Wildman–Crippen MR) is 137 cm³/mol. The number of carbonyl (C=O) groups is 3. The first-order valence-electron chi connectivity index (χ1n) is 12.1. The van der Waals surface area contributed by atoms with Crippen LogP contribution in [0.3, 0.4) is 0 Å². The zero-order valence-electron chi connectivity index (χ0n) is 20.2. The molecule has 7 nitrogen and oxygen atoms in total. The minimum absolute atomic E-state index is 0.149. The molecule has 2 aromatic carbocycles. The molecule has 2 heterocycles. The highest BCUT2D eigenvalue weighted by Gasteiger charge is 2.39. The van der Waals surface area contributed by atoms with Crippen LogP contribution in [0, 0.1) is 17.8 Å². The molecule has 0 radical (unpaired) electrons. The molecule has 0 fully saturated rings. The summed E-state index contributed by atoms with van der Waals surface area (Å²) in [5, 5.41) is 2.87. The number of allylic oxidation sites excluding steroid dienone is 1. The van der Waals surface area contributed by atoms with E-state index in [9.17, 15) is 14.4 Å². The summed E-state index contributed by atoms with van der Waals surface area (Å²) in [7, 11) is 0. The maximum absolute atomic E-state index is 13.7. The van der Waals surface area contributed by atoms with Crippen molar-refractivity contribution >= 4 is 29.1 Å². The van der Waals surface area contributed by atoms with Crippen molar-refractivity contribution in [1.29, 1.82) is 0 Å². The Balaban J connectivity index is 1.75. The normalized spacial score (nSPS) is 18.4. The van der Waals surface area contributed by atoms with Crippen LogP contribution in [0.25, 0.3) is 0 Å². The van der Waals surface area contributed by atoms with E-state index in [1.807, 2.05) is 62.4 Å². The Morgan fingerprint density at radius 2 is 1.91 bits per heavy atom. The molecule has 0 aromatic heterocycles. The fourth-order valence-electron chi connectivity index (χ4n) is 5.05. The Morgan fingerprint density at radius 1 is 1.17 bits per heavy atom. The Bertz CT molecular complexity index is 1170. The lowest BCUT2D eigenvalue weighted by Gasteiger charge is -2.27. The van der Waals surface area contributed by atoms with Crippen LogP contribution in [0.15, 0.2) is 66.2 Å².